The van der Waals surface area contributed by atoms with E-state index in [0.29, 0.717) is 28.5 Å². The molecular weight excluding hydrogens is 470 g/mol. The van der Waals surface area contributed by atoms with Gasteiger partial charge < -0.3 is 19.3 Å². The van der Waals surface area contributed by atoms with E-state index >= 15 is 0 Å². The number of ether oxygens (including phenoxy) is 3. The van der Waals surface area contributed by atoms with E-state index in [9.17, 15) is 14.7 Å². The van der Waals surface area contributed by atoms with Gasteiger partial charge in [-0.15, -0.1) is 0 Å². The fourth-order valence-electron chi connectivity index (χ4n) is 4.49. The first-order chi connectivity index (χ1) is 17.6. The van der Waals surface area contributed by atoms with Gasteiger partial charge in [0, 0.05) is 5.69 Å². The average molecular weight is 502 g/mol. The number of rotatable bonds is 6. The zero-order valence-corrected chi connectivity index (χ0v) is 21.9. The third-order valence-electron chi connectivity index (χ3n) is 6.53. The Morgan fingerprint density at radius 3 is 2.08 bits per heavy atom. The van der Waals surface area contributed by atoms with Crippen LogP contribution in [-0.2, 0) is 15.0 Å². The highest BCUT2D eigenvalue weighted by Gasteiger charge is 2.47. The lowest BCUT2D eigenvalue weighted by atomic mass is 9.87. The molecule has 3 aromatic carbocycles. The number of nitrogens with zero attached hydrogens (tertiary/aromatic N) is 1. The molecule has 1 atom stereocenters. The second kappa shape index (κ2) is 10.0. The molecule has 1 aliphatic heterocycles. The Morgan fingerprint density at radius 1 is 0.838 bits per heavy atom. The molecule has 0 radical (unpaired) electrons. The van der Waals surface area contributed by atoms with Crippen molar-refractivity contribution in [2.24, 2.45) is 0 Å². The minimum atomic E-state index is -0.897. The summed E-state index contributed by atoms with van der Waals surface area (Å²) < 4.78 is 16.2. The van der Waals surface area contributed by atoms with Gasteiger partial charge in [-0.2, -0.15) is 0 Å². The molecule has 7 heteroatoms. The van der Waals surface area contributed by atoms with E-state index in [0.717, 1.165) is 5.56 Å². The number of benzene rings is 3. The predicted octanol–water partition coefficient (Wildman–Crippen LogP) is 5.64. The highest BCUT2D eigenvalue weighted by atomic mass is 16.5. The molecule has 1 N–H and O–H groups in total. The van der Waals surface area contributed by atoms with E-state index in [1.165, 1.54) is 19.1 Å². The van der Waals surface area contributed by atoms with Gasteiger partial charge in [-0.25, -0.2) is 0 Å². The first-order valence-corrected chi connectivity index (χ1v) is 11.9. The van der Waals surface area contributed by atoms with Crippen LogP contribution in [-0.4, -0.2) is 38.1 Å². The second-order valence-electron chi connectivity index (χ2n) is 9.81. The number of anilines is 1. The number of aliphatic hydroxyl groups excluding tert-OH is 1. The molecule has 37 heavy (non-hydrogen) atoms. The molecule has 7 nitrogen and oxygen atoms in total. The molecule has 192 valence electrons. The fraction of sp³-hybridized carbons (Fsp3) is 0.267. The van der Waals surface area contributed by atoms with Crippen LogP contribution in [0.4, 0.5) is 5.69 Å². The number of carbonyl (C=O) groups excluding carboxylic acids is 2. The summed E-state index contributed by atoms with van der Waals surface area (Å²) in [6, 6.07) is 18.6. The van der Waals surface area contributed by atoms with Crippen LogP contribution >= 0.6 is 0 Å². The number of Topliss-reactive ketones (excluding diaryl/α,β-unsaturated/α-hetero) is 1. The van der Waals surface area contributed by atoms with Gasteiger partial charge in [0.25, 0.3) is 11.7 Å². The van der Waals surface area contributed by atoms with Crippen molar-refractivity contribution in [3.05, 3.63) is 89.0 Å². The van der Waals surface area contributed by atoms with Crippen molar-refractivity contribution < 1.29 is 28.9 Å². The molecule has 0 saturated carbocycles. The average Bonchev–Trinajstić information content (AvgIpc) is 3.17. The van der Waals surface area contributed by atoms with E-state index in [1.54, 1.807) is 49.6 Å². The fourth-order valence-corrected chi connectivity index (χ4v) is 4.49. The van der Waals surface area contributed by atoms with Crippen LogP contribution in [0.15, 0.2) is 72.3 Å². The minimum Gasteiger partial charge on any atom is -0.507 e. The zero-order valence-electron chi connectivity index (χ0n) is 21.9. The molecule has 1 amide bonds. The lowest BCUT2D eigenvalue weighted by Gasteiger charge is -2.27. The number of carbonyl (C=O) groups is 2. The van der Waals surface area contributed by atoms with Crippen molar-refractivity contribution in [1.82, 2.24) is 0 Å². The van der Waals surface area contributed by atoms with Gasteiger partial charge in [-0.05, 0) is 59.0 Å². The Bertz CT molecular complexity index is 1370. The smallest absolute Gasteiger partial charge is 0.300 e. The number of hydrogen-bond acceptors (Lipinski definition) is 6. The van der Waals surface area contributed by atoms with Crippen molar-refractivity contribution in [1.29, 1.82) is 0 Å². The first-order valence-electron chi connectivity index (χ1n) is 11.9. The third-order valence-corrected chi connectivity index (χ3v) is 6.53. The Morgan fingerprint density at radius 2 is 1.49 bits per heavy atom. The summed E-state index contributed by atoms with van der Waals surface area (Å²) in [4.78, 5) is 28.4. The lowest BCUT2D eigenvalue weighted by Crippen LogP contribution is -2.29. The third kappa shape index (κ3) is 4.77. The summed E-state index contributed by atoms with van der Waals surface area (Å²) in [6.07, 6.45) is 0. The maximum atomic E-state index is 13.5. The Hall–Kier alpha value is -4.26. The van der Waals surface area contributed by atoms with Crippen LogP contribution in [0, 0.1) is 0 Å². The predicted molar refractivity (Wildman–Crippen MR) is 142 cm³/mol. The SMILES string of the molecule is COc1cccc(C2/C(=C(\O)c3cc(OC)ccc3OC)C(=O)C(=O)N2c2ccc(C(C)(C)C)cc2)c1. The Labute approximate surface area is 216 Å². The Kier molecular flexibility index (Phi) is 6.99. The summed E-state index contributed by atoms with van der Waals surface area (Å²) in [7, 11) is 4.51. The van der Waals surface area contributed by atoms with Crippen LogP contribution in [0.25, 0.3) is 5.76 Å². The van der Waals surface area contributed by atoms with Crippen LogP contribution in [0.5, 0.6) is 17.2 Å². The highest BCUT2D eigenvalue weighted by molar-refractivity contribution is 6.51. The quantitative estimate of drug-likeness (QED) is 0.267. The zero-order chi connectivity index (χ0) is 26.9. The Balaban J connectivity index is 1.96. The van der Waals surface area contributed by atoms with E-state index in [4.69, 9.17) is 14.2 Å². The molecule has 0 aliphatic carbocycles. The molecule has 1 unspecified atom stereocenters. The van der Waals surface area contributed by atoms with Crippen molar-refractivity contribution in [2.45, 2.75) is 32.2 Å². The van der Waals surface area contributed by atoms with E-state index < -0.39 is 17.7 Å². The second-order valence-corrected chi connectivity index (χ2v) is 9.81. The van der Waals surface area contributed by atoms with Crippen molar-refractivity contribution in [3.63, 3.8) is 0 Å². The van der Waals surface area contributed by atoms with Gasteiger partial charge in [-0.3, -0.25) is 14.5 Å². The number of aliphatic hydroxyl groups is 1. The summed E-state index contributed by atoms with van der Waals surface area (Å²) >= 11 is 0. The van der Waals surface area contributed by atoms with Gasteiger partial charge >= 0.3 is 0 Å². The number of ketones is 1. The molecule has 1 fully saturated rings. The van der Waals surface area contributed by atoms with Gasteiger partial charge in [0.15, 0.2) is 0 Å². The van der Waals surface area contributed by atoms with Crippen LogP contribution in [0.1, 0.15) is 43.5 Å². The molecule has 1 saturated heterocycles. The molecule has 1 heterocycles. The van der Waals surface area contributed by atoms with Crippen LogP contribution < -0.4 is 19.1 Å². The van der Waals surface area contributed by atoms with Crippen molar-refractivity contribution in [3.8, 4) is 17.2 Å². The normalized spacial score (nSPS) is 17.1. The monoisotopic (exact) mass is 501 g/mol. The largest absolute Gasteiger partial charge is 0.507 e. The van der Waals surface area contributed by atoms with Crippen molar-refractivity contribution >= 4 is 23.1 Å². The summed E-state index contributed by atoms with van der Waals surface area (Å²) in [6.45, 7) is 6.31. The topological polar surface area (TPSA) is 85.3 Å². The molecule has 4 rings (SSSR count). The van der Waals surface area contributed by atoms with E-state index in [1.807, 2.05) is 24.3 Å². The van der Waals surface area contributed by atoms with Crippen molar-refractivity contribution in [2.75, 3.05) is 26.2 Å². The molecule has 0 bridgehead atoms. The van der Waals surface area contributed by atoms with Gasteiger partial charge in [-0.1, -0.05) is 45.0 Å². The minimum absolute atomic E-state index is 0.0512. The standard InChI is InChI=1S/C30H31NO6/c1-30(2,3)19-10-12-20(13-11-19)31-26(18-8-7-9-21(16-18)35-4)25(28(33)29(31)34)27(32)23-17-22(36-5)14-15-24(23)37-6/h7-17,26,32H,1-6H3/b27-25+. The number of hydrogen-bond donors (Lipinski definition) is 1. The van der Waals surface area contributed by atoms with E-state index in [-0.39, 0.29) is 22.3 Å². The van der Waals surface area contributed by atoms with Gasteiger partial charge in [0.05, 0.1) is 38.5 Å². The summed E-state index contributed by atoms with van der Waals surface area (Å²) in [5.74, 6) is -0.522. The molecule has 1 aliphatic rings. The summed E-state index contributed by atoms with van der Waals surface area (Å²) in [5, 5.41) is 11.5. The number of amides is 1. The maximum absolute atomic E-state index is 13.5. The molecule has 0 aromatic heterocycles. The maximum Gasteiger partial charge on any atom is 0.300 e. The number of methoxy groups -OCH3 is 3. The highest BCUT2D eigenvalue weighted by Crippen LogP contribution is 2.44. The van der Waals surface area contributed by atoms with Crippen LogP contribution in [0.3, 0.4) is 0 Å². The van der Waals surface area contributed by atoms with Gasteiger partial charge in [0.2, 0.25) is 0 Å². The van der Waals surface area contributed by atoms with Gasteiger partial charge in [0.1, 0.15) is 23.0 Å². The molecular formula is C30H31NO6. The first kappa shape index (κ1) is 25.8. The molecule has 0 spiro atoms. The van der Waals surface area contributed by atoms with Crippen LogP contribution in [0.2, 0.25) is 0 Å². The summed E-state index contributed by atoms with van der Waals surface area (Å²) in [5.41, 5.74) is 2.36. The molecule has 3 aromatic rings. The van der Waals surface area contributed by atoms with E-state index in [2.05, 4.69) is 20.8 Å². The lowest BCUT2D eigenvalue weighted by molar-refractivity contribution is -0.132.